The number of aryl methyl sites for hydroxylation is 1. The number of hydrogen-bond acceptors (Lipinski definition) is 2. The zero-order valence-electron chi connectivity index (χ0n) is 10.9. The summed E-state index contributed by atoms with van der Waals surface area (Å²) in [7, 11) is 4.28. The highest BCUT2D eigenvalue weighted by atomic mass is 79.9. The standard InChI is InChI=1S/C14H21BrN2/c1-11-4-5-12(10-13(11)15)14(16-2)6-8-17(3)9-7-14/h4-5,10,16H,6-9H2,1-3H3. The van der Waals surface area contributed by atoms with E-state index in [4.69, 9.17) is 0 Å². The van der Waals surface area contributed by atoms with Gasteiger partial charge in [0.2, 0.25) is 0 Å². The number of rotatable bonds is 2. The van der Waals surface area contributed by atoms with Crippen molar-refractivity contribution >= 4 is 15.9 Å². The molecule has 0 aliphatic carbocycles. The topological polar surface area (TPSA) is 15.3 Å². The van der Waals surface area contributed by atoms with E-state index in [2.05, 4.69) is 65.4 Å². The van der Waals surface area contributed by atoms with Gasteiger partial charge in [-0.15, -0.1) is 0 Å². The van der Waals surface area contributed by atoms with Crippen LogP contribution in [0.25, 0.3) is 0 Å². The maximum atomic E-state index is 3.64. The van der Waals surface area contributed by atoms with E-state index in [0.717, 1.165) is 13.1 Å². The van der Waals surface area contributed by atoms with Crippen LogP contribution in [0.15, 0.2) is 22.7 Å². The van der Waals surface area contributed by atoms with Crippen LogP contribution in [0.5, 0.6) is 0 Å². The van der Waals surface area contributed by atoms with Crippen molar-refractivity contribution in [3.63, 3.8) is 0 Å². The van der Waals surface area contributed by atoms with Crippen molar-refractivity contribution in [2.24, 2.45) is 0 Å². The molecular weight excluding hydrogens is 276 g/mol. The van der Waals surface area contributed by atoms with E-state index in [1.165, 1.54) is 28.4 Å². The van der Waals surface area contributed by atoms with Crippen LogP contribution in [0, 0.1) is 6.92 Å². The molecule has 2 rings (SSSR count). The molecule has 0 atom stereocenters. The van der Waals surface area contributed by atoms with E-state index in [0.29, 0.717) is 0 Å². The van der Waals surface area contributed by atoms with Gasteiger partial charge in [-0.1, -0.05) is 28.1 Å². The predicted octanol–water partition coefficient (Wildman–Crippen LogP) is 2.90. The first-order valence-electron chi connectivity index (χ1n) is 6.21. The highest BCUT2D eigenvalue weighted by molar-refractivity contribution is 9.10. The van der Waals surface area contributed by atoms with Crippen molar-refractivity contribution in [2.75, 3.05) is 27.2 Å². The van der Waals surface area contributed by atoms with Crippen LogP contribution in [0.3, 0.4) is 0 Å². The van der Waals surface area contributed by atoms with E-state index in [9.17, 15) is 0 Å². The van der Waals surface area contributed by atoms with E-state index in [-0.39, 0.29) is 5.54 Å². The normalized spacial score (nSPS) is 20.5. The molecule has 0 saturated carbocycles. The molecule has 1 aliphatic rings. The molecule has 1 fully saturated rings. The first kappa shape index (κ1) is 13.1. The van der Waals surface area contributed by atoms with Gasteiger partial charge in [0, 0.05) is 10.0 Å². The third-order valence-electron chi connectivity index (χ3n) is 4.04. The van der Waals surface area contributed by atoms with Crippen molar-refractivity contribution in [3.05, 3.63) is 33.8 Å². The second-order valence-electron chi connectivity index (χ2n) is 5.10. The highest BCUT2D eigenvalue weighted by Crippen LogP contribution is 2.34. The summed E-state index contributed by atoms with van der Waals surface area (Å²) in [5.74, 6) is 0. The summed E-state index contributed by atoms with van der Waals surface area (Å²) in [6.45, 7) is 4.45. The average Bonchev–Trinajstić information content (AvgIpc) is 2.34. The summed E-state index contributed by atoms with van der Waals surface area (Å²) in [6.07, 6.45) is 2.35. The van der Waals surface area contributed by atoms with Crippen molar-refractivity contribution < 1.29 is 0 Å². The summed E-state index contributed by atoms with van der Waals surface area (Å²) in [4.78, 5) is 2.40. The molecule has 0 aromatic heterocycles. The molecule has 0 radical (unpaired) electrons. The van der Waals surface area contributed by atoms with Gasteiger partial charge in [0.05, 0.1) is 0 Å². The molecule has 1 aromatic rings. The molecule has 1 aliphatic heterocycles. The maximum absolute atomic E-state index is 3.64. The van der Waals surface area contributed by atoms with Gasteiger partial charge in [-0.05, 0) is 64.1 Å². The molecule has 0 amide bonds. The second-order valence-corrected chi connectivity index (χ2v) is 5.95. The summed E-state index contributed by atoms with van der Waals surface area (Å²) < 4.78 is 1.21. The Kier molecular flexibility index (Phi) is 3.91. The molecule has 0 spiro atoms. The molecule has 1 heterocycles. The van der Waals surface area contributed by atoms with Crippen molar-refractivity contribution in [2.45, 2.75) is 25.3 Å². The fourth-order valence-electron chi connectivity index (χ4n) is 2.57. The van der Waals surface area contributed by atoms with Crippen LogP contribution in [0.1, 0.15) is 24.0 Å². The van der Waals surface area contributed by atoms with Crippen molar-refractivity contribution in [1.82, 2.24) is 10.2 Å². The second kappa shape index (κ2) is 5.09. The Morgan fingerprint density at radius 3 is 2.47 bits per heavy atom. The summed E-state index contributed by atoms with van der Waals surface area (Å²) in [5.41, 5.74) is 2.86. The smallest absolute Gasteiger partial charge is 0.0457 e. The first-order chi connectivity index (χ1) is 8.07. The number of halogens is 1. The molecule has 1 aromatic carbocycles. The van der Waals surface area contributed by atoms with Crippen LogP contribution in [-0.4, -0.2) is 32.1 Å². The molecule has 1 saturated heterocycles. The lowest BCUT2D eigenvalue weighted by Gasteiger charge is -2.41. The Labute approximate surface area is 113 Å². The molecule has 17 heavy (non-hydrogen) atoms. The zero-order chi connectivity index (χ0) is 12.5. The van der Waals surface area contributed by atoms with Gasteiger partial charge in [-0.25, -0.2) is 0 Å². The number of nitrogens with zero attached hydrogens (tertiary/aromatic N) is 1. The lowest BCUT2D eigenvalue weighted by molar-refractivity contribution is 0.164. The Balaban J connectivity index is 2.31. The fraction of sp³-hybridized carbons (Fsp3) is 0.571. The van der Waals surface area contributed by atoms with E-state index in [1.54, 1.807) is 0 Å². The quantitative estimate of drug-likeness (QED) is 0.903. The van der Waals surface area contributed by atoms with Gasteiger partial charge < -0.3 is 10.2 Å². The monoisotopic (exact) mass is 296 g/mol. The van der Waals surface area contributed by atoms with Crippen LogP contribution in [0.2, 0.25) is 0 Å². The minimum Gasteiger partial charge on any atom is -0.310 e. The van der Waals surface area contributed by atoms with Crippen molar-refractivity contribution in [1.29, 1.82) is 0 Å². The molecule has 0 unspecified atom stereocenters. The van der Waals surface area contributed by atoms with E-state index < -0.39 is 0 Å². The van der Waals surface area contributed by atoms with Gasteiger partial charge >= 0.3 is 0 Å². The Bertz CT molecular complexity index is 395. The number of piperidine rings is 1. The SMILES string of the molecule is CNC1(c2ccc(C)c(Br)c2)CCN(C)CC1. The molecule has 2 nitrogen and oxygen atoms in total. The molecular formula is C14H21BrN2. The number of benzene rings is 1. The number of nitrogens with one attached hydrogen (secondary N) is 1. The minimum absolute atomic E-state index is 0.155. The van der Waals surface area contributed by atoms with E-state index >= 15 is 0 Å². The summed E-state index contributed by atoms with van der Waals surface area (Å²) in [6, 6.07) is 6.75. The minimum atomic E-state index is 0.155. The Hall–Kier alpha value is -0.380. The number of hydrogen-bond donors (Lipinski definition) is 1. The lowest BCUT2D eigenvalue weighted by atomic mass is 9.81. The van der Waals surface area contributed by atoms with E-state index in [1.807, 2.05) is 0 Å². The average molecular weight is 297 g/mol. The third kappa shape index (κ3) is 2.56. The Morgan fingerprint density at radius 2 is 1.94 bits per heavy atom. The van der Waals surface area contributed by atoms with Crippen LogP contribution in [-0.2, 0) is 5.54 Å². The van der Waals surface area contributed by atoms with Crippen LogP contribution >= 0.6 is 15.9 Å². The van der Waals surface area contributed by atoms with Crippen LogP contribution in [0.4, 0.5) is 0 Å². The lowest BCUT2D eigenvalue weighted by Crippen LogP contribution is -2.48. The predicted molar refractivity (Wildman–Crippen MR) is 76.3 cm³/mol. The molecule has 0 bridgehead atoms. The summed E-state index contributed by atoms with van der Waals surface area (Å²) in [5, 5.41) is 3.55. The summed E-state index contributed by atoms with van der Waals surface area (Å²) >= 11 is 3.64. The van der Waals surface area contributed by atoms with Crippen molar-refractivity contribution in [3.8, 4) is 0 Å². The molecule has 3 heteroatoms. The van der Waals surface area contributed by atoms with Gasteiger partial charge in [0.25, 0.3) is 0 Å². The maximum Gasteiger partial charge on any atom is 0.0457 e. The fourth-order valence-corrected chi connectivity index (χ4v) is 2.95. The molecule has 1 N–H and O–H groups in total. The van der Waals surface area contributed by atoms with Crippen LogP contribution < -0.4 is 5.32 Å². The molecule has 94 valence electrons. The number of likely N-dealkylation sites (tertiary alicyclic amines) is 1. The van der Waals surface area contributed by atoms with Gasteiger partial charge in [-0.3, -0.25) is 0 Å². The highest BCUT2D eigenvalue weighted by Gasteiger charge is 2.33. The first-order valence-corrected chi connectivity index (χ1v) is 7.01. The zero-order valence-corrected chi connectivity index (χ0v) is 12.5. The van der Waals surface area contributed by atoms with Gasteiger partial charge in [0.15, 0.2) is 0 Å². The third-order valence-corrected chi connectivity index (χ3v) is 4.90. The largest absolute Gasteiger partial charge is 0.310 e. The van der Waals surface area contributed by atoms with Gasteiger partial charge in [-0.2, -0.15) is 0 Å². The van der Waals surface area contributed by atoms with Gasteiger partial charge in [0.1, 0.15) is 0 Å². The Morgan fingerprint density at radius 1 is 1.29 bits per heavy atom.